The van der Waals surface area contributed by atoms with E-state index in [-0.39, 0.29) is 11.7 Å². The number of fused-ring (bicyclic) bond motifs is 1. The number of carbonyl (C=O) groups excluding carboxylic acids is 1. The highest BCUT2D eigenvalue weighted by molar-refractivity contribution is 7.20. The number of halogens is 1. The number of rotatable bonds is 3. The van der Waals surface area contributed by atoms with Crippen LogP contribution in [0.3, 0.4) is 0 Å². The van der Waals surface area contributed by atoms with E-state index in [1.54, 1.807) is 29.1 Å². The predicted octanol–water partition coefficient (Wildman–Crippen LogP) is 4.48. The molecule has 0 atom stereocenters. The molecule has 0 aliphatic rings. The van der Waals surface area contributed by atoms with Crippen molar-refractivity contribution in [1.82, 2.24) is 9.78 Å². The molecular weight excluding hydrogens is 325 g/mol. The van der Waals surface area contributed by atoms with Gasteiger partial charge in [0.1, 0.15) is 5.82 Å². The first-order chi connectivity index (χ1) is 11.7. The van der Waals surface area contributed by atoms with Gasteiger partial charge in [0, 0.05) is 17.0 Å². The van der Waals surface area contributed by atoms with Gasteiger partial charge in [-0.1, -0.05) is 18.2 Å². The minimum absolute atomic E-state index is 0.255. The van der Waals surface area contributed by atoms with E-state index in [0.717, 1.165) is 15.8 Å². The van der Waals surface area contributed by atoms with Crippen LogP contribution >= 0.6 is 11.3 Å². The van der Waals surface area contributed by atoms with Gasteiger partial charge in [-0.3, -0.25) is 4.79 Å². The van der Waals surface area contributed by atoms with Gasteiger partial charge in [0.2, 0.25) is 0 Å². The molecule has 2 aromatic heterocycles. The van der Waals surface area contributed by atoms with Crippen molar-refractivity contribution in [3.63, 3.8) is 0 Å². The lowest BCUT2D eigenvalue weighted by Gasteiger charge is -2.01. The molecule has 4 rings (SSSR count). The number of nitrogens with zero attached hydrogens (tertiary/aromatic N) is 2. The Morgan fingerprint density at radius 2 is 1.92 bits per heavy atom. The second-order valence-electron chi connectivity index (χ2n) is 5.23. The third kappa shape index (κ3) is 2.79. The molecule has 118 valence electrons. The van der Waals surface area contributed by atoms with E-state index in [0.29, 0.717) is 10.7 Å². The molecule has 0 radical (unpaired) electrons. The molecule has 2 aromatic carbocycles. The molecule has 0 fully saturated rings. The van der Waals surface area contributed by atoms with Crippen molar-refractivity contribution in [3.05, 3.63) is 77.6 Å². The molecule has 0 aliphatic heterocycles. The van der Waals surface area contributed by atoms with Crippen molar-refractivity contribution in [3.8, 4) is 5.69 Å². The van der Waals surface area contributed by atoms with Crippen LogP contribution in [0.15, 0.2) is 66.9 Å². The zero-order valence-electron chi connectivity index (χ0n) is 12.4. The Hall–Kier alpha value is -2.99. The Morgan fingerprint density at radius 1 is 1.08 bits per heavy atom. The van der Waals surface area contributed by atoms with Crippen LogP contribution < -0.4 is 5.32 Å². The molecule has 0 spiro atoms. The number of para-hydroxylation sites is 1. The van der Waals surface area contributed by atoms with Crippen LogP contribution in [0.5, 0.6) is 0 Å². The van der Waals surface area contributed by atoms with Crippen molar-refractivity contribution >= 4 is 33.1 Å². The standard InChI is InChI=1S/C18H12FN3OS/c19-13-6-7-15-12(10-13)11-16(24-15)18(23)20-17-8-9-22(21-17)14-4-2-1-3-5-14/h1-11H,(H,20,21,23). The molecule has 0 saturated heterocycles. The summed E-state index contributed by atoms with van der Waals surface area (Å²) in [7, 11) is 0. The predicted molar refractivity (Wildman–Crippen MR) is 93.3 cm³/mol. The number of hydrogen-bond acceptors (Lipinski definition) is 3. The van der Waals surface area contributed by atoms with Gasteiger partial charge >= 0.3 is 0 Å². The molecule has 1 N–H and O–H groups in total. The van der Waals surface area contributed by atoms with Crippen LogP contribution in [0.25, 0.3) is 15.8 Å². The van der Waals surface area contributed by atoms with Gasteiger partial charge in [-0.2, -0.15) is 5.10 Å². The molecule has 0 saturated carbocycles. The van der Waals surface area contributed by atoms with E-state index < -0.39 is 0 Å². The largest absolute Gasteiger partial charge is 0.304 e. The van der Waals surface area contributed by atoms with Crippen LogP contribution in [0.1, 0.15) is 9.67 Å². The lowest BCUT2D eigenvalue weighted by molar-refractivity contribution is 0.103. The Bertz CT molecular complexity index is 1020. The Labute approximate surface area is 141 Å². The van der Waals surface area contributed by atoms with E-state index in [1.165, 1.54) is 23.5 Å². The number of anilines is 1. The first kappa shape index (κ1) is 14.6. The topological polar surface area (TPSA) is 46.9 Å². The summed E-state index contributed by atoms with van der Waals surface area (Å²) in [5, 5.41) is 7.84. The van der Waals surface area contributed by atoms with Crippen molar-refractivity contribution < 1.29 is 9.18 Å². The highest BCUT2D eigenvalue weighted by Crippen LogP contribution is 2.26. The minimum atomic E-state index is -0.311. The van der Waals surface area contributed by atoms with Crippen LogP contribution in [0.2, 0.25) is 0 Å². The van der Waals surface area contributed by atoms with Gasteiger partial charge in [0.15, 0.2) is 5.82 Å². The molecule has 0 bridgehead atoms. The fourth-order valence-corrected chi connectivity index (χ4v) is 3.36. The molecular formula is C18H12FN3OS. The molecule has 4 aromatic rings. The highest BCUT2D eigenvalue weighted by atomic mass is 32.1. The second-order valence-corrected chi connectivity index (χ2v) is 6.31. The Morgan fingerprint density at radius 3 is 2.75 bits per heavy atom. The highest BCUT2D eigenvalue weighted by Gasteiger charge is 2.12. The first-order valence-electron chi connectivity index (χ1n) is 7.30. The zero-order valence-corrected chi connectivity index (χ0v) is 13.3. The Kier molecular flexibility index (Phi) is 3.59. The van der Waals surface area contributed by atoms with Crippen molar-refractivity contribution in [2.24, 2.45) is 0 Å². The number of nitrogens with one attached hydrogen (secondary N) is 1. The molecule has 4 nitrogen and oxygen atoms in total. The third-order valence-corrected chi connectivity index (χ3v) is 4.67. The molecule has 2 heterocycles. The summed E-state index contributed by atoms with van der Waals surface area (Å²) >= 11 is 1.32. The van der Waals surface area contributed by atoms with Gasteiger partial charge < -0.3 is 5.32 Å². The van der Waals surface area contributed by atoms with Gasteiger partial charge in [0.05, 0.1) is 10.6 Å². The maximum Gasteiger partial charge on any atom is 0.266 e. The van der Waals surface area contributed by atoms with E-state index in [4.69, 9.17) is 0 Å². The summed E-state index contributed by atoms with van der Waals surface area (Å²) in [6.45, 7) is 0. The number of thiophene rings is 1. The fourth-order valence-electron chi connectivity index (χ4n) is 2.42. The van der Waals surface area contributed by atoms with Gasteiger partial charge in [-0.15, -0.1) is 11.3 Å². The number of amides is 1. The summed E-state index contributed by atoms with van der Waals surface area (Å²) in [5.41, 5.74) is 0.912. The third-order valence-electron chi connectivity index (χ3n) is 3.55. The summed E-state index contributed by atoms with van der Waals surface area (Å²) < 4.78 is 15.8. The van der Waals surface area contributed by atoms with Crippen LogP contribution in [0.4, 0.5) is 10.2 Å². The van der Waals surface area contributed by atoms with Crippen molar-refractivity contribution in [2.45, 2.75) is 0 Å². The number of carbonyl (C=O) groups is 1. The smallest absolute Gasteiger partial charge is 0.266 e. The van der Waals surface area contributed by atoms with Crippen molar-refractivity contribution in [1.29, 1.82) is 0 Å². The number of hydrogen-bond donors (Lipinski definition) is 1. The first-order valence-corrected chi connectivity index (χ1v) is 8.12. The van der Waals surface area contributed by atoms with E-state index >= 15 is 0 Å². The van der Waals surface area contributed by atoms with Gasteiger partial charge in [-0.25, -0.2) is 9.07 Å². The van der Waals surface area contributed by atoms with E-state index in [9.17, 15) is 9.18 Å². The number of aromatic nitrogens is 2. The SMILES string of the molecule is O=C(Nc1ccn(-c2ccccc2)n1)c1cc2cc(F)ccc2s1. The van der Waals surface area contributed by atoms with Gasteiger partial charge in [-0.05, 0) is 41.8 Å². The molecule has 1 amide bonds. The molecule has 0 unspecified atom stereocenters. The fraction of sp³-hybridized carbons (Fsp3) is 0. The lowest BCUT2D eigenvalue weighted by Crippen LogP contribution is -2.10. The monoisotopic (exact) mass is 337 g/mol. The average Bonchev–Trinajstić information content (AvgIpc) is 3.22. The maximum absolute atomic E-state index is 13.2. The van der Waals surface area contributed by atoms with E-state index in [1.807, 2.05) is 30.3 Å². The van der Waals surface area contributed by atoms with Crippen LogP contribution in [-0.2, 0) is 0 Å². The molecule has 24 heavy (non-hydrogen) atoms. The summed E-state index contributed by atoms with van der Waals surface area (Å²) in [4.78, 5) is 12.9. The van der Waals surface area contributed by atoms with Crippen LogP contribution in [0, 0.1) is 5.82 Å². The molecule has 6 heteroatoms. The zero-order chi connectivity index (χ0) is 16.5. The Balaban J connectivity index is 1.56. The summed E-state index contributed by atoms with van der Waals surface area (Å²) in [5.74, 6) is -0.101. The maximum atomic E-state index is 13.2. The normalized spacial score (nSPS) is 10.9. The van der Waals surface area contributed by atoms with Gasteiger partial charge in [0.25, 0.3) is 5.91 Å². The van der Waals surface area contributed by atoms with Crippen LogP contribution in [-0.4, -0.2) is 15.7 Å². The van der Waals surface area contributed by atoms with E-state index in [2.05, 4.69) is 10.4 Å². The average molecular weight is 337 g/mol. The molecule has 0 aliphatic carbocycles. The number of benzene rings is 2. The quantitative estimate of drug-likeness (QED) is 0.599. The summed E-state index contributed by atoms with van der Waals surface area (Å²) in [6.07, 6.45) is 1.78. The van der Waals surface area contributed by atoms with Crippen molar-refractivity contribution in [2.75, 3.05) is 5.32 Å². The summed E-state index contributed by atoms with van der Waals surface area (Å²) in [6, 6.07) is 17.5. The minimum Gasteiger partial charge on any atom is -0.304 e. The second kappa shape index (κ2) is 5.90. The lowest BCUT2D eigenvalue weighted by atomic mass is 10.2.